The number of carbonyl (C=O) groups excluding carboxylic acids is 1. The van der Waals surface area contributed by atoms with Gasteiger partial charge < -0.3 is 14.6 Å². The third kappa shape index (κ3) is 0.591. The summed E-state index contributed by atoms with van der Waals surface area (Å²) in [6.07, 6.45) is 0. The van der Waals surface area contributed by atoms with Gasteiger partial charge in [-0.3, -0.25) is 0 Å². The Morgan fingerprint density at radius 3 is 2.25 bits per heavy atom. The van der Waals surface area contributed by atoms with Crippen LogP contribution in [0.2, 0.25) is 0 Å². The first-order valence-corrected chi connectivity index (χ1v) is 2.44. The second-order valence-electron chi connectivity index (χ2n) is 2.34. The first kappa shape index (κ1) is 5.56. The normalized spacial score (nSPS) is 24.1. The van der Waals surface area contributed by atoms with Crippen LogP contribution in [0.15, 0.2) is 0 Å². The number of rotatable bonds is 1. The molecular weight excluding hydrogens is 108 g/mol. The van der Waals surface area contributed by atoms with E-state index in [-0.39, 0.29) is 0 Å². The van der Waals surface area contributed by atoms with Gasteiger partial charge in [-0.2, -0.15) is 0 Å². The van der Waals surface area contributed by atoms with Crippen LogP contribution in [0, 0.1) is 5.41 Å². The fourth-order valence-corrected chi connectivity index (χ4v) is 0.526. The Hall–Kier alpha value is -0.570. The lowest BCUT2D eigenvalue weighted by atomic mass is 9.89. The first-order valence-electron chi connectivity index (χ1n) is 2.44. The summed E-state index contributed by atoms with van der Waals surface area (Å²) in [6, 6.07) is 0. The SMILES string of the molecule is CC1(C(=O)[O-])COC1. The summed E-state index contributed by atoms with van der Waals surface area (Å²) in [7, 11) is 0. The molecule has 0 aromatic rings. The molecular formula is C5H7O3-. The molecule has 0 bridgehead atoms. The molecule has 0 aromatic carbocycles. The summed E-state index contributed by atoms with van der Waals surface area (Å²) in [5.74, 6) is -1.01. The predicted molar refractivity (Wildman–Crippen MR) is 23.9 cm³/mol. The fraction of sp³-hybridized carbons (Fsp3) is 0.800. The van der Waals surface area contributed by atoms with Gasteiger partial charge in [0.05, 0.1) is 24.6 Å². The van der Waals surface area contributed by atoms with E-state index in [9.17, 15) is 9.90 Å². The van der Waals surface area contributed by atoms with E-state index in [1.807, 2.05) is 0 Å². The van der Waals surface area contributed by atoms with Crippen molar-refractivity contribution in [1.82, 2.24) is 0 Å². The van der Waals surface area contributed by atoms with Crippen LogP contribution >= 0.6 is 0 Å². The highest BCUT2D eigenvalue weighted by atomic mass is 16.5. The molecule has 0 N–H and O–H groups in total. The molecule has 1 aliphatic heterocycles. The van der Waals surface area contributed by atoms with Crippen LogP contribution in [0.4, 0.5) is 0 Å². The largest absolute Gasteiger partial charge is 0.549 e. The highest BCUT2D eigenvalue weighted by molar-refractivity contribution is 5.73. The van der Waals surface area contributed by atoms with Gasteiger partial charge in [-0.25, -0.2) is 0 Å². The zero-order chi connectivity index (χ0) is 6.20. The van der Waals surface area contributed by atoms with Crippen LogP contribution in [0.1, 0.15) is 6.92 Å². The third-order valence-corrected chi connectivity index (χ3v) is 1.33. The first-order chi connectivity index (χ1) is 3.65. The minimum Gasteiger partial charge on any atom is -0.549 e. The Kier molecular flexibility index (Phi) is 1.01. The van der Waals surface area contributed by atoms with Crippen LogP contribution in [0.3, 0.4) is 0 Å². The number of carboxylic acid groups (broad SMARTS) is 1. The molecule has 0 amide bonds. The summed E-state index contributed by atoms with van der Waals surface area (Å²) in [5.41, 5.74) is -0.694. The molecule has 0 saturated carbocycles. The average molecular weight is 115 g/mol. The molecule has 46 valence electrons. The molecule has 0 aromatic heterocycles. The quantitative estimate of drug-likeness (QED) is 0.430. The summed E-state index contributed by atoms with van der Waals surface area (Å²) in [4.78, 5) is 10.1. The van der Waals surface area contributed by atoms with E-state index in [1.54, 1.807) is 6.92 Å². The molecule has 8 heavy (non-hydrogen) atoms. The Labute approximate surface area is 47.3 Å². The molecule has 1 saturated heterocycles. The van der Waals surface area contributed by atoms with E-state index in [2.05, 4.69) is 4.74 Å². The Morgan fingerprint density at radius 1 is 1.75 bits per heavy atom. The van der Waals surface area contributed by atoms with Gasteiger partial charge >= 0.3 is 0 Å². The maximum Gasteiger partial charge on any atom is 0.0594 e. The molecule has 1 heterocycles. The van der Waals surface area contributed by atoms with Gasteiger partial charge in [-0.05, 0) is 6.92 Å². The van der Waals surface area contributed by atoms with Crippen LogP contribution in [-0.4, -0.2) is 19.2 Å². The molecule has 0 radical (unpaired) electrons. The van der Waals surface area contributed by atoms with Crippen LogP contribution in [0.25, 0.3) is 0 Å². The van der Waals surface area contributed by atoms with E-state index >= 15 is 0 Å². The van der Waals surface area contributed by atoms with E-state index < -0.39 is 11.4 Å². The van der Waals surface area contributed by atoms with Crippen molar-refractivity contribution in [3.63, 3.8) is 0 Å². The molecule has 3 nitrogen and oxygen atoms in total. The number of aliphatic carboxylic acids is 1. The number of carbonyl (C=O) groups is 1. The summed E-state index contributed by atoms with van der Waals surface area (Å²) >= 11 is 0. The van der Waals surface area contributed by atoms with Crippen molar-refractivity contribution in [2.75, 3.05) is 13.2 Å². The van der Waals surface area contributed by atoms with E-state index in [1.165, 1.54) is 0 Å². The minimum absolute atomic E-state index is 0.301. The van der Waals surface area contributed by atoms with Crippen LogP contribution in [0.5, 0.6) is 0 Å². The zero-order valence-corrected chi connectivity index (χ0v) is 4.64. The van der Waals surface area contributed by atoms with Gasteiger partial charge in [-0.15, -0.1) is 0 Å². The lowest BCUT2D eigenvalue weighted by Gasteiger charge is -2.38. The second-order valence-corrected chi connectivity index (χ2v) is 2.34. The molecule has 0 aliphatic carbocycles. The Bertz CT molecular complexity index is 115. The van der Waals surface area contributed by atoms with E-state index in [4.69, 9.17) is 0 Å². The fourth-order valence-electron chi connectivity index (χ4n) is 0.526. The van der Waals surface area contributed by atoms with Gasteiger partial charge in [0, 0.05) is 0 Å². The van der Waals surface area contributed by atoms with Crippen molar-refractivity contribution in [1.29, 1.82) is 0 Å². The molecule has 0 unspecified atom stereocenters. The van der Waals surface area contributed by atoms with Crippen molar-refractivity contribution in [3.8, 4) is 0 Å². The lowest BCUT2D eigenvalue weighted by molar-refractivity contribution is -0.331. The van der Waals surface area contributed by atoms with Crippen molar-refractivity contribution in [3.05, 3.63) is 0 Å². The van der Waals surface area contributed by atoms with Crippen LogP contribution < -0.4 is 5.11 Å². The average Bonchev–Trinajstić information content (AvgIpc) is 1.60. The minimum atomic E-state index is -1.01. The van der Waals surface area contributed by atoms with E-state index in [0.717, 1.165) is 0 Å². The Morgan fingerprint density at radius 2 is 2.25 bits per heavy atom. The van der Waals surface area contributed by atoms with Crippen molar-refractivity contribution < 1.29 is 14.6 Å². The van der Waals surface area contributed by atoms with Crippen molar-refractivity contribution in [2.24, 2.45) is 5.41 Å². The maximum atomic E-state index is 10.1. The molecule has 3 heteroatoms. The van der Waals surface area contributed by atoms with Gasteiger partial charge in [0.2, 0.25) is 0 Å². The highest BCUT2D eigenvalue weighted by Gasteiger charge is 2.34. The van der Waals surface area contributed by atoms with Gasteiger partial charge in [0.15, 0.2) is 0 Å². The molecule has 1 fully saturated rings. The smallest absolute Gasteiger partial charge is 0.0594 e. The van der Waals surface area contributed by atoms with Crippen molar-refractivity contribution in [2.45, 2.75) is 6.92 Å². The van der Waals surface area contributed by atoms with Gasteiger partial charge in [0.1, 0.15) is 0 Å². The monoisotopic (exact) mass is 115 g/mol. The highest BCUT2D eigenvalue weighted by Crippen LogP contribution is 2.24. The number of ether oxygens (including phenoxy) is 1. The molecule has 0 spiro atoms. The number of carboxylic acids is 1. The summed E-state index contributed by atoms with van der Waals surface area (Å²) < 4.78 is 4.68. The zero-order valence-electron chi connectivity index (χ0n) is 4.64. The molecule has 1 rings (SSSR count). The topological polar surface area (TPSA) is 49.4 Å². The van der Waals surface area contributed by atoms with Gasteiger partial charge in [0.25, 0.3) is 0 Å². The summed E-state index contributed by atoms with van der Waals surface area (Å²) in [5, 5.41) is 10.1. The summed E-state index contributed by atoms with van der Waals surface area (Å²) in [6.45, 7) is 2.22. The van der Waals surface area contributed by atoms with E-state index in [0.29, 0.717) is 13.2 Å². The molecule has 1 aliphatic rings. The number of hydrogen-bond acceptors (Lipinski definition) is 3. The second kappa shape index (κ2) is 1.45. The van der Waals surface area contributed by atoms with Crippen molar-refractivity contribution >= 4 is 5.97 Å². The Balaban J connectivity index is 2.53. The van der Waals surface area contributed by atoms with Gasteiger partial charge in [-0.1, -0.05) is 0 Å². The lowest BCUT2D eigenvalue weighted by Crippen LogP contribution is -2.53. The third-order valence-electron chi connectivity index (χ3n) is 1.33. The number of hydrogen-bond donors (Lipinski definition) is 0. The maximum absolute atomic E-state index is 10.1. The predicted octanol–water partition coefficient (Wildman–Crippen LogP) is -1.23. The standard InChI is InChI=1S/C5H8O3/c1-5(4(6)7)2-8-3-5/h2-3H2,1H3,(H,6,7)/p-1. The van der Waals surface area contributed by atoms with Crippen LogP contribution in [-0.2, 0) is 9.53 Å². The molecule has 0 atom stereocenters.